The van der Waals surface area contributed by atoms with E-state index in [1.807, 2.05) is 6.92 Å². The van der Waals surface area contributed by atoms with Crippen LogP contribution in [-0.2, 0) is 4.74 Å². The van der Waals surface area contributed by atoms with Crippen LogP contribution in [0.3, 0.4) is 0 Å². The Labute approximate surface area is 95.1 Å². The number of aromatic nitrogens is 2. The number of carbonyl (C=O) groups excluding carboxylic acids is 1. The van der Waals surface area contributed by atoms with Gasteiger partial charge in [0.25, 0.3) is 0 Å². The Morgan fingerprint density at radius 1 is 1.56 bits per heavy atom. The monoisotopic (exact) mass is 226 g/mol. The molecule has 0 saturated heterocycles. The Morgan fingerprint density at radius 3 is 2.94 bits per heavy atom. The Morgan fingerprint density at radius 2 is 2.38 bits per heavy atom. The lowest BCUT2D eigenvalue weighted by Crippen LogP contribution is -2.21. The van der Waals surface area contributed by atoms with Crippen LogP contribution in [0.2, 0.25) is 0 Å². The van der Waals surface area contributed by atoms with Gasteiger partial charge >= 0.3 is 0 Å². The molecule has 0 fully saturated rings. The maximum absolute atomic E-state index is 11.9. The molecule has 5 nitrogen and oxygen atoms in total. The van der Waals surface area contributed by atoms with Crippen LogP contribution in [0.5, 0.6) is 0 Å². The molecule has 1 unspecified atom stereocenters. The number of aliphatic hydroxyl groups excluding tert-OH is 1. The predicted octanol–water partition coefficient (Wildman–Crippen LogP) is 0.949. The molecule has 0 spiro atoms. The SMILES string of the molecule is CCC(CCOCCO)C(=O)n1ccnc1. The van der Waals surface area contributed by atoms with Crippen LogP contribution >= 0.6 is 0 Å². The summed E-state index contributed by atoms with van der Waals surface area (Å²) in [7, 11) is 0. The Balaban J connectivity index is 2.39. The fourth-order valence-corrected chi connectivity index (χ4v) is 1.49. The van der Waals surface area contributed by atoms with Gasteiger partial charge in [0.2, 0.25) is 5.91 Å². The molecular weight excluding hydrogens is 208 g/mol. The van der Waals surface area contributed by atoms with Crippen molar-refractivity contribution in [1.29, 1.82) is 0 Å². The van der Waals surface area contributed by atoms with Crippen molar-refractivity contribution in [1.82, 2.24) is 9.55 Å². The second-order valence-electron chi connectivity index (χ2n) is 3.54. The van der Waals surface area contributed by atoms with Gasteiger partial charge in [-0.05, 0) is 12.8 Å². The van der Waals surface area contributed by atoms with Crippen molar-refractivity contribution in [3.05, 3.63) is 18.7 Å². The van der Waals surface area contributed by atoms with Gasteiger partial charge in [-0.3, -0.25) is 9.36 Å². The molecule has 0 aromatic carbocycles. The summed E-state index contributed by atoms with van der Waals surface area (Å²) in [6.07, 6.45) is 6.21. The zero-order valence-corrected chi connectivity index (χ0v) is 9.50. The molecular formula is C11H18N2O3. The summed E-state index contributed by atoms with van der Waals surface area (Å²) < 4.78 is 6.66. The zero-order valence-electron chi connectivity index (χ0n) is 9.50. The summed E-state index contributed by atoms with van der Waals surface area (Å²) in [4.78, 5) is 15.8. The molecule has 1 heterocycles. The second kappa shape index (κ2) is 7.14. The molecule has 0 aliphatic heterocycles. The molecule has 0 aliphatic carbocycles. The average Bonchev–Trinajstić information content (AvgIpc) is 2.82. The molecule has 5 heteroatoms. The molecule has 1 N–H and O–H groups in total. The highest BCUT2D eigenvalue weighted by Gasteiger charge is 2.17. The first-order chi connectivity index (χ1) is 7.79. The van der Waals surface area contributed by atoms with Crippen LogP contribution in [0.25, 0.3) is 0 Å². The van der Waals surface area contributed by atoms with E-state index in [0.29, 0.717) is 19.6 Å². The van der Waals surface area contributed by atoms with E-state index in [9.17, 15) is 4.79 Å². The summed E-state index contributed by atoms with van der Waals surface area (Å²) in [5, 5.41) is 8.54. The van der Waals surface area contributed by atoms with E-state index in [0.717, 1.165) is 6.42 Å². The van der Waals surface area contributed by atoms with Gasteiger partial charge in [-0.1, -0.05) is 6.92 Å². The quantitative estimate of drug-likeness (QED) is 0.703. The first-order valence-corrected chi connectivity index (χ1v) is 5.50. The normalized spacial score (nSPS) is 12.6. The third-order valence-electron chi connectivity index (χ3n) is 2.45. The van der Waals surface area contributed by atoms with E-state index in [4.69, 9.17) is 9.84 Å². The number of hydrogen-bond donors (Lipinski definition) is 1. The fourth-order valence-electron chi connectivity index (χ4n) is 1.49. The Kier molecular flexibility index (Phi) is 5.74. The number of nitrogens with zero attached hydrogens (tertiary/aromatic N) is 2. The van der Waals surface area contributed by atoms with Crippen LogP contribution in [0.15, 0.2) is 18.7 Å². The van der Waals surface area contributed by atoms with Gasteiger partial charge in [0.1, 0.15) is 6.33 Å². The van der Waals surface area contributed by atoms with Crippen LogP contribution < -0.4 is 0 Å². The predicted molar refractivity (Wildman–Crippen MR) is 59.2 cm³/mol. The Bertz CT molecular complexity index is 298. The first-order valence-electron chi connectivity index (χ1n) is 5.50. The molecule has 1 rings (SSSR count). The smallest absolute Gasteiger partial charge is 0.235 e. The number of rotatable bonds is 7. The second-order valence-corrected chi connectivity index (χ2v) is 3.54. The first kappa shape index (κ1) is 12.9. The van der Waals surface area contributed by atoms with Gasteiger partial charge in [-0.15, -0.1) is 0 Å². The lowest BCUT2D eigenvalue weighted by Gasteiger charge is -2.13. The van der Waals surface area contributed by atoms with Gasteiger partial charge in [0.05, 0.1) is 13.2 Å². The maximum Gasteiger partial charge on any atom is 0.235 e. The van der Waals surface area contributed by atoms with Crippen molar-refractivity contribution in [2.45, 2.75) is 19.8 Å². The lowest BCUT2D eigenvalue weighted by atomic mass is 10.0. The number of carbonyl (C=O) groups is 1. The molecule has 0 radical (unpaired) electrons. The molecule has 16 heavy (non-hydrogen) atoms. The van der Waals surface area contributed by atoms with Crippen molar-refractivity contribution < 1.29 is 14.6 Å². The molecule has 0 aliphatic rings. The third kappa shape index (κ3) is 3.75. The minimum absolute atomic E-state index is 0.0201. The summed E-state index contributed by atoms with van der Waals surface area (Å²) in [5.41, 5.74) is 0. The fraction of sp³-hybridized carbons (Fsp3) is 0.636. The van der Waals surface area contributed by atoms with Gasteiger partial charge in [-0.2, -0.15) is 0 Å². The van der Waals surface area contributed by atoms with Crippen LogP contribution in [0.1, 0.15) is 24.6 Å². The van der Waals surface area contributed by atoms with E-state index < -0.39 is 0 Å². The highest BCUT2D eigenvalue weighted by Crippen LogP contribution is 2.11. The van der Waals surface area contributed by atoms with Crippen molar-refractivity contribution in [2.75, 3.05) is 19.8 Å². The van der Waals surface area contributed by atoms with Gasteiger partial charge in [0, 0.05) is 24.9 Å². The van der Waals surface area contributed by atoms with Crippen LogP contribution in [0, 0.1) is 5.92 Å². The molecule has 0 amide bonds. The summed E-state index contributed by atoms with van der Waals surface area (Å²) in [5.74, 6) is 0.000455. The van der Waals surface area contributed by atoms with Crippen molar-refractivity contribution in [3.8, 4) is 0 Å². The minimum Gasteiger partial charge on any atom is -0.394 e. The van der Waals surface area contributed by atoms with E-state index in [1.54, 1.807) is 12.4 Å². The molecule has 1 aromatic rings. The summed E-state index contributed by atoms with van der Waals surface area (Å²) >= 11 is 0. The molecule has 90 valence electrons. The molecule has 1 atom stereocenters. The van der Waals surface area contributed by atoms with Crippen molar-refractivity contribution >= 4 is 5.91 Å². The molecule has 0 bridgehead atoms. The number of aliphatic hydroxyl groups is 1. The molecule has 0 saturated carbocycles. The standard InChI is InChI=1S/C11H18N2O3/c1-2-10(3-7-16-8-6-14)11(15)13-5-4-12-9-13/h4-5,9-10,14H,2-3,6-8H2,1H3. The average molecular weight is 226 g/mol. The van der Waals surface area contributed by atoms with E-state index in [1.165, 1.54) is 10.9 Å². The van der Waals surface area contributed by atoms with E-state index >= 15 is 0 Å². The summed E-state index contributed by atoms with van der Waals surface area (Å²) in [6, 6.07) is 0. The van der Waals surface area contributed by atoms with Crippen molar-refractivity contribution in [3.63, 3.8) is 0 Å². The third-order valence-corrected chi connectivity index (χ3v) is 2.45. The van der Waals surface area contributed by atoms with Gasteiger partial charge in [-0.25, -0.2) is 4.98 Å². The lowest BCUT2D eigenvalue weighted by molar-refractivity contribution is 0.0675. The van der Waals surface area contributed by atoms with Gasteiger partial charge in [0.15, 0.2) is 0 Å². The van der Waals surface area contributed by atoms with E-state index in [2.05, 4.69) is 4.98 Å². The van der Waals surface area contributed by atoms with Crippen LogP contribution in [-0.4, -0.2) is 40.4 Å². The molecule has 1 aromatic heterocycles. The highest BCUT2D eigenvalue weighted by molar-refractivity contribution is 5.81. The van der Waals surface area contributed by atoms with Crippen LogP contribution in [0.4, 0.5) is 0 Å². The summed E-state index contributed by atoms with van der Waals surface area (Å²) in [6.45, 7) is 2.83. The Hall–Kier alpha value is -1.20. The number of ether oxygens (including phenoxy) is 1. The topological polar surface area (TPSA) is 64.3 Å². The number of imidazole rings is 1. The zero-order chi connectivity index (χ0) is 11.8. The van der Waals surface area contributed by atoms with E-state index in [-0.39, 0.29) is 18.4 Å². The van der Waals surface area contributed by atoms with Crippen molar-refractivity contribution in [2.24, 2.45) is 5.92 Å². The highest BCUT2D eigenvalue weighted by atomic mass is 16.5. The number of hydrogen-bond acceptors (Lipinski definition) is 4. The minimum atomic E-state index is -0.0482. The van der Waals surface area contributed by atoms with Gasteiger partial charge < -0.3 is 9.84 Å². The maximum atomic E-state index is 11.9. The largest absolute Gasteiger partial charge is 0.394 e.